The molecule has 86 valence electrons. The number of carbonyl (C=O) groups is 2. The summed E-state index contributed by atoms with van der Waals surface area (Å²) in [7, 11) is 0. The number of urea groups is 1. The summed E-state index contributed by atoms with van der Waals surface area (Å²) in [5.41, 5.74) is 0. The van der Waals surface area contributed by atoms with E-state index in [4.69, 9.17) is 0 Å². The molecule has 0 aromatic rings. The average molecular weight is 240 g/mol. The Bertz CT molecular complexity index is 391. The number of carbonyl (C=O) groups excluding carboxylic acids is 2. The zero-order valence-corrected chi connectivity index (χ0v) is 9.63. The maximum atomic E-state index is 11.4. The molecule has 1 saturated heterocycles. The predicted octanol–water partition coefficient (Wildman–Crippen LogP) is 0.496. The summed E-state index contributed by atoms with van der Waals surface area (Å²) in [6.07, 6.45) is 2.19. The third-order valence-electron chi connectivity index (χ3n) is 2.17. The van der Waals surface area contributed by atoms with E-state index in [1.165, 1.54) is 11.8 Å². The van der Waals surface area contributed by atoms with Crippen LogP contribution in [0.3, 0.4) is 0 Å². The first kappa shape index (κ1) is 11.1. The van der Waals surface area contributed by atoms with E-state index in [1.54, 1.807) is 0 Å². The van der Waals surface area contributed by atoms with Crippen LogP contribution in [0.4, 0.5) is 4.79 Å². The molecular weight excluding hydrogens is 228 g/mol. The van der Waals surface area contributed by atoms with E-state index in [-0.39, 0.29) is 0 Å². The molecular formula is C9H12N4O2S. The Morgan fingerprint density at radius 3 is 2.94 bits per heavy atom. The number of amidine groups is 2. The first-order chi connectivity index (χ1) is 7.70. The van der Waals surface area contributed by atoms with Crippen molar-refractivity contribution < 1.29 is 9.59 Å². The van der Waals surface area contributed by atoms with Gasteiger partial charge in [-0.2, -0.15) is 0 Å². The largest absolute Gasteiger partial charge is 0.326 e. The van der Waals surface area contributed by atoms with E-state index >= 15 is 0 Å². The van der Waals surface area contributed by atoms with E-state index in [1.807, 2.05) is 0 Å². The van der Waals surface area contributed by atoms with Crippen LogP contribution < -0.4 is 10.6 Å². The Morgan fingerprint density at radius 1 is 1.38 bits per heavy atom. The van der Waals surface area contributed by atoms with Crippen molar-refractivity contribution in [3.63, 3.8) is 0 Å². The number of hydrogen-bond acceptors (Lipinski definition) is 5. The van der Waals surface area contributed by atoms with Crippen molar-refractivity contribution in [2.75, 3.05) is 5.75 Å². The number of nitrogens with zero attached hydrogens (tertiary/aromatic N) is 2. The van der Waals surface area contributed by atoms with Gasteiger partial charge in [-0.3, -0.25) is 15.4 Å². The van der Waals surface area contributed by atoms with E-state index in [0.717, 1.165) is 18.6 Å². The van der Waals surface area contributed by atoms with Crippen LogP contribution in [0.1, 0.15) is 19.8 Å². The zero-order chi connectivity index (χ0) is 11.5. The van der Waals surface area contributed by atoms with Gasteiger partial charge < -0.3 is 0 Å². The molecule has 0 aliphatic carbocycles. The quantitative estimate of drug-likeness (QED) is 0.704. The molecule has 6 nitrogen and oxygen atoms in total. The SMILES string of the molecule is CCCCSC1=NC2C(=O)NC(=O)NC2=N1. The number of amides is 3. The number of thioether (sulfide) groups is 1. The zero-order valence-electron chi connectivity index (χ0n) is 8.82. The molecule has 1 fully saturated rings. The molecule has 0 aromatic heterocycles. The number of fused-ring (bicyclic) bond motifs is 1. The lowest BCUT2D eigenvalue weighted by atomic mass is 10.2. The highest BCUT2D eigenvalue weighted by Gasteiger charge is 2.35. The molecule has 7 heteroatoms. The molecule has 0 spiro atoms. The molecule has 1 atom stereocenters. The van der Waals surface area contributed by atoms with Crippen molar-refractivity contribution >= 4 is 34.7 Å². The Labute approximate surface area is 97.0 Å². The van der Waals surface area contributed by atoms with E-state index in [9.17, 15) is 9.59 Å². The normalized spacial score (nSPS) is 23.2. The summed E-state index contributed by atoms with van der Waals surface area (Å²) in [4.78, 5) is 30.7. The topological polar surface area (TPSA) is 82.9 Å². The van der Waals surface area contributed by atoms with Crippen LogP contribution >= 0.6 is 11.8 Å². The number of rotatable bonds is 3. The van der Waals surface area contributed by atoms with Crippen LogP contribution in [0.25, 0.3) is 0 Å². The average Bonchev–Trinajstić information content (AvgIpc) is 2.61. The number of nitrogens with one attached hydrogen (secondary N) is 2. The fraction of sp³-hybridized carbons (Fsp3) is 0.556. The number of unbranched alkanes of at least 4 members (excludes halogenated alkanes) is 1. The molecule has 2 aliphatic rings. The van der Waals surface area contributed by atoms with Gasteiger partial charge in [-0.1, -0.05) is 25.1 Å². The highest BCUT2D eigenvalue weighted by atomic mass is 32.2. The van der Waals surface area contributed by atoms with Crippen LogP contribution in [-0.2, 0) is 4.79 Å². The highest BCUT2D eigenvalue weighted by Crippen LogP contribution is 2.17. The minimum Gasteiger partial charge on any atom is -0.293 e. The van der Waals surface area contributed by atoms with E-state index in [0.29, 0.717) is 11.0 Å². The van der Waals surface area contributed by atoms with Crippen molar-refractivity contribution in [2.24, 2.45) is 9.98 Å². The van der Waals surface area contributed by atoms with Crippen LogP contribution in [0, 0.1) is 0 Å². The third kappa shape index (κ3) is 2.24. The van der Waals surface area contributed by atoms with Gasteiger partial charge in [0.2, 0.25) is 0 Å². The molecule has 0 aromatic carbocycles. The van der Waals surface area contributed by atoms with Gasteiger partial charge in [-0.05, 0) is 6.42 Å². The monoisotopic (exact) mass is 240 g/mol. The lowest BCUT2D eigenvalue weighted by Crippen LogP contribution is -2.57. The van der Waals surface area contributed by atoms with Crippen LogP contribution in [0.15, 0.2) is 9.98 Å². The molecule has 0 radical (unpaired) electrons. The number of aliphatic imine (C=N–C) groups is 2. The van der Waals surface area contributed by atoms with Gasteiger partial charge in [0.15, 0.2) is 11.2 Å². The lowest BCUT2D eigenvalue weighted by Gasteiger charge is -2.16. The van der Waals surface area contributed by atoms with Crippen molar-refractivity contribution in [2.45, 2.75) is 25.8 Å². The Morgan fingerprint density at radius 2 is 2.19 bits per heavy atom. The fourth-order valence-corrected chi connectivity index (χ4v) is 2.31. The third-order valence-corrected chi connectivity index (χ3v) is 3.12. The summed E-state index contributed by atoms with van der Waals surface area (Å²) in [6.45, 7) is 2.11. The Kier molecular flexibility index (Phi) is 3.23. The van der Waals surface area contributed by atoms with Gasteiger partial charge in [0.25, 0.3) is 5.91 Å². The van der Waals surface area contributed by atoms with Crippen LogP contribution in [0.5, 0.6) is 0 Å². The summed E-state index contributed by atoms with van der Waals surface area (Å²) in [5.74, 6) is 0.857. The number of imide groups is 1. The Hall–Kier alpha value is -1.37. The summed E-state index contributed by atoms with van der Waals surface area (Å²) < 4.78 is 0. The molecule has 2 aliphatic heterocycles. The fourth-order valence-electron chi connectivity index (χ4n) is 1.35. The van der Waals surface area contributed by atoms with Crippen LogP contribution in [-0.4, -0.2) is 34.7 Å². The van der Waals surface area contributed by atoms with Gasteiger partial charge >= 0.3 is 6.03 Å². The van der Waals surface area contributed by atoms with Gasteiger partial charge in [0.1, 0.15) is 5.84 Å². The molecule has 2 heterocycles. The van der Waals surface area contributed by atoms with Gasteiger partial charge in [0.05, 0.1) is 0 Å². The molecule has 0 bridgehead atoms. The first-order valence-corrected chi connectivity index (χ1v) is 6.10. The molecule has 3 amide bonds. The standard InChI is InChI=1S/C9H12N4O2S/c1-2-3-4-16-9-10-5-6(12-9)11-8(15)13-7(5)14/h5H,2-4H2,1H3,(H2,10,11,12,13,14,15). The first-order valence-electron chi connectivity index (χ1n) is 5.11. The molecule has 2 rings (SSSR count). The van der Waals surface area contributed by atoms with Crippen molar-refractivity contribution in [3.05, 3.63) is 0 Å². The van der Waals surface area contributed by atoms with Crippen LogP contribution in [0.2, 0.25) is 0 Å². The summed E-state index contributed by atoms with van der Waals surface area (Å²) in [6, 6.07) is -1.20. The molecule has 16 heavy (non-hydrogen) atoms. The van der Waals surface area contributed by atoms with Crippen molar-refractivity contribution in [3.8, 4) is 0 Å². The predicted molar refractivity (Wildman–Crippen MR) is 62.7 cm³/mol. The minimum absolute atomic E-state index is 0.341. The summed E-state index contributed by atoms with van der Waals surface area (Å²) in [5, 5.41) is 5.21. The number of hydrogen-bond donors (Lipinski definition) is 2. The lowest BCUT2D eigenvalue weighted by molar-refractivity contribution is -0.120. The molecule has 2 N–H and O–H groups in total. The van der Waals surface area contributed by atoms with E-state index < -0.39 is 18.0 Å². The minimum atomic E-state index is -0.665. The van der Waals surface area contributed by atoms with Gasteiger partial charge in [-0.25, -0.2) is 14.8 Å². The molecule has 0 saturated carbocycles. The summed E-state index contributed by atoms with van der Waals surface area (Å²) >= 11 is 1.51. The van der Waals surface area contributed by atoms with E-state index in [2.05, 4.69) is 27.5 Å². The van der Waals surface area contributed by atoms with Crippen molar-refractivity contribution in [1.82, 2.24) is 10.6 Å². The maximum absolute atomic E-state index is 11.4. The second kappa shape index (κ2) is 4.65. The van der Waals surface area contributed by atoms with Crippen molar-refractivity contribution in [1.29, 1.82) is 0 Å². The maximum Gasteiger partial charge on any atom is 0.326 e. The highest BCUT2D eigenvalue weighted by molar-refractivity contribution is 8.13. The van der Waals surface area contributed by atoms with Gasteiger partial charge in [0, 0.05) is 5.75 Å². The second-order valence-electron chi connectivity index (χ2n) is 3.46. The second-order valence-corrected chi connectivity index (χ2v) is 4.52. The van der Waals surface area contributed by atoms with Gasteiger partial charge in [-0.15, -0.1) is 0 Å². The smallest absolute Gasteiger partial charge is 0.293 e. The molecule has 1 unspecified atom stereocenters. The Balaban J connectivity index is 2.01.